The van der Waals surface area contributed by atoms with Crippen LogP contribution in [-0.4, -0.2) is 11.0 Å². The fourth-order valence-electron chi connectivity index (χ4n) is 1.20. The summed E-state index contributed by atoms with van der Waals surface area (Å²) in [6.45, 7) is 4.16. The number of hydrogen-bond donors (Lipinski definition) is 2. The average molecular weight is 225 g/mol. The topological polar surface area (TPSA) is 90.4 Å². The third-order valence-electron chi connectivity index (χ3n) is 2.00. The summed E-state index contributed by atoms with van der Waals surface area (Å²) in [5, 5.41) is 10.7. The van der Waals surface area contributed by atoms with Gasteiger partial charge in [0.2, 0.25) is 0 Å². The van der Waals surface area contributed by atoms with E-state index in [-0.39, 0.29) is 11.8 Å². The molecule has 0 bridgehead atoms. The maximum atomic E-state index is 10.7. The lowest BCUT2D eigenvalue weighted by molar-refractivity contribution is -0.384. The molecule has 0 aliphatic heterocycles. The van der Waals surface area contributed by atoms with Gasteiger partial charge in [0.05, 0.1) is 17.6 Å². The van der Waals surface area contributed by atoms with Gasteiger partial charge in [0.15, 0.2) is 0 Å². The fourth-order valence-corrected chi connectivity index (χ4v) is 1.20. The molecule has 0 aliphatic carbocycles. The van der Waals surface area contributed by atoms with Gasteiger partial charge >= 0.3 is 0 Å². The standard InChI is InChI=1S/C10H15N3O3/c1-7(2)16-6-8-3-4-9(12-11)10(5-8)13(14)15/h3-5,7,12H,6,11H2,1-2H3. The van der Waals surface area contributed by atoms with Crippen LogP contribution in [0.4, 0.5) is 11.4 Å². The van der Waals surface area contributed by atoms with Gasteiger partial charge in [-0.05, 0) is 25.5 Å². The summed E-state index contributed by atoms with van der Waals surface area (Å²) in [5.74, 6) is 5.17. The van der Waals surface area contributed by atoms with E-state index < -0.39 is 4.92 Å². The van der Waals surface area contributed by atoms with Crippen molar-refractivity contribution in [3.63, 3.8) is 0 Å². The van der Waals surface area contributed by atoms with Gasteiger partial charge < -0.3 is 10.2 Å². The predicted molar refractivity (Wildman–Crippen MR) is 60.8 cm³/mol. The van der Waals surface area contributed by atoms with Gasteiger partial charge in [-0.15, -0.1) is 0 Å². The summed E-state index contributed by atoms with van der Waals surface area (Å²) in [6.07, 6.45) is 0.0892. The monoisotopic (exact) mass is 225 g/mol. The summed E-state index contributed by atoms with van der Waals surface area (Å²) in [4.78, 5) is 10.3. The lowest BCUT2D eigenvalue weighted by atomic mass is 10.2. The molecule has 0 spiro atoms. The van der Waals surface area contributed by atoms with Crippen molar-refractivity contribution in [3.05, 3.63) is 33.9 Å². The lowest BCUT2D eigenvalue weighted by Gasteiger charge is -2.08. The van der Waals surface area contributed by atoms with Gasteiger partial charge in [0, 0.05) is 6.07 Å². The first-order chi connectivity index (χ1) is 7.54. The molecule has 0 aliphatic rings. The van der Waals surface area contributed by atoms with Crippen molar-refractivity contribution in [2.24, 2.45) is 5.84 Å². The summed E-state index contributed by atoms with van der Waals surface area (Å²) in [5.41, 5.74) is 3.28. The van der Waals surface area contributed by atoms with Gasteiger partial charge in [0.1, 0.15) is 5.69 Å². The zero-order valence-corrected chi connectivity index (χ0v) is 9.27. The molecule has 0 saturated heterocycles. The van der Waals surface area contributed by atoms with E-state index in [0.29, 0.717) is 12.3 Å². The van der Waals surface area contributed by atoms with Crippen LogP contribution in [0.3, 0.4) is 0 Å². The third-order valence-corrected chi connectivity index (χ3v) is 2.00. The molecule has 1 rings (SSSR count). The van der Waals surface area contributed by atoms with Crippen molar-refractivity contribution in [1.82, 2.24) is 0 Å². The summed E-state index contributed by atoms with van der Waals surface area (Å²) >= 11 is 0. The number of anilines is 1. The number of benzene rings is 1. The number of nitro benzene ring substituents is 1. The molecule has 6 heteroatoms. The van der Waals surface area contributed by atoms with Gasteiger partial charge in [-0.3, -0.25) is 16.0 Å². The Hall–Kier alpha value is -1.66. The maximum Gasteiger partial charge on any atom is 0.294 e. The second-order valence-electron chi connectivity index (χ2n) is 3.61. The molecule has 0 fully saturated rings. The number of hydrogen-bond acceptors (Lipinski definition) is 5. The highest BCUT2D eigenvalue weighted by molar-refractivity contribution is 5.61. The molecule has 1 aromatic carbocycles. The number of nitrogen functional groups attached to an aromatic ring is 1. The highest BCUT2D eigenvalue weighted by Crippen LogP contribution is 2.24. The number of hydrazine groups is 1. The Kier molecular flexibility index (Phi) is 4.21. The van der Waals surface area contributed by atoms with E-state index in [2.05, 4.69) is 5.43 Å². The van der Waals surface area contributed by atoms with E-state index in [1.807, 2.05) is 13.8 Å². The largest absolute Gasteiger partial charge is 0.374 e. The van der Waals surface area contributed by atoms with Crippen LogP contribution >= 0.6 is 0 Å². The maximum absolute atomic E-state index is 10.7. The van der Waals surface area contributed by atoms with Gasteiger partial charge in [-0.1, -0.05) is 6.07 Å². The first-order valence-corrected chi connectivity index (χ1v) is 4.90. The molecule has 16 heavy (non-hydrogen) atoms. The van der Waals surface area contributed by atoms with Crippen LogP contribution < -0.4 is 11.3 Å². The molecule has 0 atom stereocenters. The number of rotatable bonds is 5. The van der Waals surface area contributed by atoms with E-state index in [4.69, 9.17) is 10.6 Å². The summed E-state index contributed by atoms with van der Waals surface area (Å²) < 4.78 is 5.36. The van der Waals surface area contributed by atoms with Gasteiger partial charge in [0.25, 0.3) is 5.69 Å². The van der Waals surface area contributed by atoms with Crippen molar-refractivity contribution in [1.29, 1.82) is 0 Å². The van der Waals surface area contributed by atoms with Crippen molar-refractivity contribution in [3.8, 4) is 0 Å². The minimum Gasteiger partial charge on any atom is -0.374 e. The lowest BCUT2D eigenvalue weighted by Crippen LogP contribution is -2.09. The molecule has 0 saturated carbocycles. The average Bonchev–Trinajstić information content (AvgIpc) is 2.25. The molecule has 0 aromatic heterocycles. The Balaban J connectivity index is 2.89. The molecule has 1 aromatic rings. The number of nitrogens with zero attached hydrogens (tertiary/aromatic N) is 1. The Morgan fingerprint density at radius 1 is 1.56 bits per heavy atom. The molecule has 0 unspecified atom stereocenters. The van der Waals surface area contributed by atoms with Crippen molar-refractivity contribution < 1.29 is 9.66 Å². The zero-order valence-electron chi connectivity index (χ0n) is 9.27. The second-order valence-corrected chi connectivity index (χ2v) is 3.61. The Morgan fingerprint density at radius 2 is 2.25 bits per heavy atom. The molecule has 0 amide bonds. The molecule has 3 N–H and O–H groups in total. The first kappa shape index (κ1) is 12.4. The third kappa shape index (κ3) is 3.18. The minimum atomic E-state index is -0.478. The van der Waals surface area contributed by atoms with E-state index in [1.165, 1.54) is 6.07 Å². The number of nitrogens with two attached hydrogens (primary N) is 1. The molecule has 6 nitrogen and oxygen atoms in total. The van der Waals surface area contributed by atoms with E-state index >= 15 is 0 Å². The fraction of sp³-hybridized carbons (Fsp3) is 0.400. The van der Waals surface area contributed by atoms with E-state index in [9.17, 15) is 10.1 Å². The highest BCUT2D eigenvalue weighted by Gasteiger charge is 2.13. The molecular weight excluding hydrogens is 210 g/mol. The van der Waals surface area contributed by atoms with Crippen LogP contribution in [0.5, 0.6) is 0 Å². The van der Waals surface area contributed by atoms with Crippen LogP contribution in [0.25, 0.3) is 0 Å². The summed E-state index contributed by atoms with van der Waals surface area (Å²) in [7, 11) is 0. The zero-order chi connectivity index (χ0) is 12.1. The highest BCUT2D eigenvalue weighted by atomic mass is 16.6. The first-order valence-electron chi connectivity index (χ1n) is 4.90. The smallest absolute Gasteiger partial charge is 0.294 e. The van der Waals surface area contributed by atoms with E-state index in [1.54, 1.807) is 12.1 Å². The number of nitro groups is 1. The van der Waals surface area contributed by atoms with Crippen LogP contribution in [0.2, 0.25) is 0 Å². The molecular formula is C10H15N3O3. The minimum absolute atomic E-state index is 0.0487. The van der Waals surface area contributed by atoms with Crippen LogP contribution in [0.15, 0.2) is 18.2 Å². The van der Waals surface area contributed by atoms with Gasteiger partial charge in [-0.2, -0.15) is 0 Å². The Bertz CT molecular complexity index is 380. The predicted octanol–water partition coefficient (Wildman–Crippen LogP) is 1.81. The SMILES string of the molecule is CC(C)OCc1ccc(NN)c([N+](=O)[O-])c1. The Labute approximate surface area is 93.5 Å². The normalized spacial score (nSPS) is 10.5. The van der Waals surface area contributed by atoms with Crippen molar-refractivity contribution in [2.75, 3.05) is 5.43 Å². The van der Waals surface area contributed by atoms with Crippen LogP contribution in [0, 0.1) is 10.1 Å². The molecule has 0 radical (unpaired) electrons. The van der Waals surface area contributed by atoms with Crippen LogP contribution in [-0.2, 0) is 11.3 Å². The Morgan fingerprint density at radius 3 is 2.75 bits per heavy atom. The molecule has 88 valence electrons. The molecule has 0 heterocycles. The van der Waals surface area contributed by atoms with E-state index in [0.717, 1.165) is 5.56 Å². The summed E-state index contributed by atoms with van der Waals surface area (Å²) in [6, 6.07) is 4.76. The van der Waals surface area contributed by atoms with Gasteiger partial charge in [-0.25, -0.2) is 0 Å². The van der Waals surface area contributed by atoms with Crippen molar-refractivity contribution >= 4 is 11.4 Å². The van der Waals surface area contributed by atoms with Crippen LogP contribution in [0.1, 0.15) is 19.4 Å². The second kappa shape index (κ2) is 5.43. The quantitative estimate of drug-likeness (QED) is 0.453. The number of ether oxygens (including phenoxy) is 1. The number of nitrogens with one attached hydrogen (secondary N) is 1. The van der Waals surface area contributed by atoms with Crippen molar-refractivity contribution in [2.45, 2.75) is 26.6 Å².